The first-order valence-corrected chi connectivity index (χ1v) is 37.0. The van der Waals surface area contributed by atoms with Crippen LogP contribution in [0.5, 0.6) is 0 Å². The third-order valence-corrected chi connectivity index (χ3v) is 16.3. The van der Waals surface area contributed by atoms with E-state index in [0.717, 1.165) is 9.80 Å². The van der Waals surface area contributed by atoms with Gasteiger partial charge in [0, 0.05) is 132 Å². The average molecular weight is 1500 g/mol. The van der Waals surface area contributed by atoms with Crippen molar-refractivity contribution in [1.29, 1.82) is 0 Å². The number of carboxylic acid groups (broad SMARTS) is 6. The molecule has 0 aliphatic rings. The summed E-state index contributed by atoms with van der Waals surface area (Å²) in [6, 6.07) is -6.24. The van der Waals surface area contributed by atoms with Crippen LogP contribution in [-0.2, 0) is 76.7 Å². The highest BCUT2D eigenvalue weighted by Crippen LogP contribution is 2.24. The van der Waals surface area contributed by atoms with Crippen molar-refractivity contribution in [3.63, 3.8) is 0 Å². The number of carbonyl (C=O) groups excluding carboxylic acids is 10. The van der Waals surface area contributed by atoms with Gasteiger partial charge in [-0.05, 0) is 186 Å². The summed E-state index contributed by atoms with van der Waals surface area (Å²) >= 11 is 0. The number of carboxylic acids is 6. The molecule has 11 N–H and O–H groups in total. The molecule has 0 fully saturated rings. The van der Waals surface area contributed by atoms with E-state index in [0.29, 0.717) is 12.8 Å². The third-order valence-electron chi connectivity index (χ3n) is 16.3. The SMILES string of the molecule is CCCC(C(=O)NC(C)(C)C)N(CCCC(=O)O)C(=O)CCCC(=O)N(CCCC(=O)N(CCCC(=O)O)C(CCCC(=O)O)C(=O)NC(C)(C)C)C(CCCC(=O)N(CCC)C(CCCC(=O)O)C(=O)NC(C)(C)C)C(=O)NCCCC(=O)N(CCCC(=O)O)C(CCCC(=O)O)C(=O)NC(C)(C)C. The summed E-state index contributed by atoms with van der Waals surface area (Å²) < 4.78 is 0. The van der Waals surface area contributed by atoms with Gasteiger partial charge in [0.15, 0.2) is 0 Å². The highest BCUT2D eigenvalue weighted by atomic mass is 16.4. The highest BCUT2D eigenvalue weighted by molar-refractivity contribution is 5.92. The van der Waals surface area contributed by atoms with E-state index in [2.05, 4.69) is 26.6 Å². The van der Waals surface area contributed by atoms with Gasteiger partial charge in [-0.3, -0.25) is 76.7 Å². The van der Waals surface area contributed by atoms with Crippen LogP contribution in [0.3, 0.4) is 0 Å². The molecule has 0 spiro atoms. The van der Waals surface area contributed by atoms with Gasteiger partial charge in [-0.15, -0.1) is 0 Å². The Balaban J connectivity index is 8.43. The Bertz CT molecular complexity index is 2880. The minimum Gasteiger partial charge on any atom is -0.481 e. The Morgan fingerprint density at radius 2 is 0.467 bits per heavy atom. The maximum atomic E-state index is 15.3. The molecular weight excluding hydrogens is 1370 g/mol. The van der Waals surface area contributed by atoms with E-state index >= 15 is 9.59 Å². The fourth-order valence-corrected chi connectivity index (χ4v) is 11.8. The van der Waals surface area contributed by atoms with Gasteiger partial charge in [0.2, 0.25) is 59.1 Å². The third kappa shape index (κ3) is 43.5. The summed E-state index contributed by atoms with van der Waals surface area (Å²) in [7, 11) is 0. The predicted octanol–water partition coefficient (Wildman–Crippen LogP) is 6.22. The van der Waals surface area contributed by atoms with Crippen LogP contribution in [0.4, 0.5) is 0 Å². The summed E-state index contributed by atoms with van der Waals surface area (Å²) in [5.41, 5.74) is -3.17. The van der Waals surface area contributed by atoms with Crippen molar-refractivity contribution in [2.24, 2.45) is 0 Å². The van der Waals surface area contributed by atoms with E-state index in [1.54, 1.807) is 96.9 Å². The number of hydrogen-bond donors (Lipinski definition) is 11. The van der Waals surface area contributed by atoms with Gasteiger partial charge in [-0.1, -0.05) is 20.3 Å². The summed E-state index contributed by atoms with van der Waals surface area (Å²) in [6.07, 6.45) is -4.82. The van der Waals surface area contributed by atoms with Crippen molar-refractivity contribution >= 4 is 94.9 Å². The summed E-state index contributed by atoms with van der Waals surface area (Å²) in [5, 5.41) is 71.6. The lowest BCUT2D eigenvalue weighted by atomic mass is 10.0. The van der Waals surface area contributed by atoms with Crippen molar-refractivity contribution < 1.29 is 107 Å². The predicted molar refractivity (Wildman–Crippen MR) is 389 cm³/mol. The standard InChI is InChI=1S/C73H126N10O22/c1-15-27-49(66(102)75-70(3,4)5)80(46-24-40-62(95)96)55(85)33-21-34-56(86)81(45-23-36-58(88)83(48-26-42-64(99)100)53(31-20-39-61(93)94)69(105)78-73(12,13)14)50(28-17-32-54(84)79(44-16-2)51(29-18-37-59(89)90)67(103)76-71(6,7)8)65(101)74-43-22-35-57(87)82(47-25-41-63(97)98)52(30-19-38-60(91)92)68(104)77-72(9,10)11/h49-53H,15-48H2,1-14H3,(H,74,101)(H,75,102)(H,76,103)(H,77,104)(H,78,105)(H,89,90)(H,91,92)(H,93,94)(H,95,96)(H,97,98)(H,99,100). The molecule has 105 heavy (non-hydrogen) atoms. The molecule has 32 nitrogen and oxygen atoms in total. The molecule has 10 amide bonds. The molecule has 0 aromatic carbocycles. The largest absolute Gasteiger partial charge is 0.481 e. The molecule has 0 aromatic heterocycles. The van der Waals surface area contributed by atoms with E-state index in [1.807, 2.05) is 0 Å². The van der Waals surface area contributed by atoms with Gasteiger partial charge in [0.25, 0.3) is 0 Å². The molecule has 0 saturated carbocycles. The van der Waals surface area contributed by atoms with Gasteiger partial charge in [-0.2, -0.15) is 0 Å². The topological polar surface area (TPSA) is 471 Å². The lowest BCUT2D eigenvalue weighted by Crippen LogP contribution is -2.54. The van der Waals surface area contributed by atoms with Gasteiger partial charge in [0.1, 0.15) is 30.2 Å². The van der Waals surface area contributed by atoms with Gasteiger partial charge < -0.3 is 81.7 Å². The Hall–Kier alpha value is -8.48. The minimum atomic E-state index is -1.54. The first-order chi connectivity index (χ1) is 48.6. The number of carbonyl (C=O) groups is 16. The molecule has 0 aliphatic carbocycles. The molecular formula is C73H126N10O22. The molecule has 0 aliphatic heterocycles. The number of nitrogens with one attached hydrogen (secondary N) is 5. The number of aliphatic carboxylic acids is 6. The van der Waals surface area contributed by atoms with Crippen LogP contribution in [0.2, 0.25) is 0 Å². The quantitative estimate of drug-likeness (QED) is 0.0301. The monoisotopic (exact) mass is 1490 g/mol. The van der Waals surface area contributed by atoms with Gasteiger partial charge in [-0.25, -0.2) is 0 Å². The number of nitrogens with zero attached hydrogens (tertiary/aromatic N) is 5. The summed E-state index contributed by atoms with van der Waals surface area (Å²) in [5.74, 6) is -13.4. The maximum Gasteiger partial charge on any atom is 0.303 e. The van der Waals surface area contributed by atoms with Crippen molar-refractivity contribution in [2.75, 3.05) is 39.3 Å². The molecule has 0 saturated heterocycles. The first kappa shape index (κ1) is 96.5. The zero-order valence-corrected chi connectivity index (χ0v) is 64.9. The Labute approximate surface area is 619 Å². The first-order valence-electron chi connectivity index (χ1n) is 37.0. The van der Waals surface area contributed by atoms with Gasteiger partial charge in [0.05, 0.1) is 0 Å². The summed E-state index contributed by atoms with van der Waals surface area (Å²) in [6.45, 7) is 22.9. The van der Waals surface area contributed by atoms with Crippen molar-refractivity contribution in [2.45, 2.75) is 329 Å². The van der Waals surface area contributed by atoms with E-state index in [4.69, 9.17) is 0 Å². The minimum absolute atomic E-state index is 0.0231. The Morgan fingerprint density at radius 3 is 0.724 bits per heavy atom. The lowest BCUT2D eigenvalue weighted by molar-refractivity contribution is -0.144. The smallest absolute Gasteiger partial charge is 0.303 e. The second-order valence-electron chi connectivity index (χ2n) is 30.9. The molecule has 0 aromatic rings. The van der Waals surface area contributed by atoms with E-state index in [-0.39, 0.29) is 180 Å². The second kappa shape index (κ2) is 48.6. The van der Waals surface area contributed by atoms with E-state index in [9.17, 15) is 97.8 Å². The highest BCUT2D eigenvalue weighted by Gasteiger charge is 2.38. The van der Waals surface area contributed by atoms with Crippen LogP contribution in [-0.4, -0.2) is 242 Å². The second-order valence-corrected chi connectivity index (χ2v) is 30.9. The zero-order chi connectivity index (χ0) is 80.6. The molecule has 0 radical (unpaired) electrons. The number of rotatable bonds is 54. The summed E-state index contributed by atoms with van der Waals surface area (Å²) in [4.78, 5) is 221. The van der Waals surface area contributed by atoms with Crippen molar-refractivity contribution in [1.82, 2.24) is 51.1 Å². The van der Waals surface area contributed by atoms with Crippen LogP contribution < -0.4 is 26.6 Å². The average Bonchev–Trinajstić information content (AvgIpc) is 0.864. The molecule has 5 unspecified atom stereocenters. The molecule has 0 rings (SSSR count). The van der Waals surface area contributed by atoms with Crippen LogP contribution in [0.1, 0.15) is 277 Å². The maximum absolute atomic E-state index is 15.3. The fourth-order valence-electron chi connectivity index (χ4n) is 11.8. The van der Waals surface area contributed by atoms with E-state index in [1.165, 1.54) is 14.7 Å². The van der Waals surface area contributed by atoms with Crippen molar-refractivity contribution in [3.05, 3.63) is 0 Å². The molecule has 0 bridgehead atoms. The number of hydrogen-bond acceptors (Lipinski definition) is 16. The zero-order valence-electron chi connectivity index (χ0n) is 64.9. The normalized spacial score (nSPS) is 13.1. The van der Waals surface area contributed by atoms with E-state index < -0.39 is 173 Å². The van der Waals surface area contributed by atoms with Gasteiger partial charge >= 0.3 is 35.8 Å². The molecule has 32 heteroatoms. The Kier molecular flexibility index (Phi) is 44.7. The molecule has 0 heterocycles. The fraction of sp³-hybridized carbons (Fsp3) is 0.781. The number of amides is 10. The van der Waals surface area contributed by atoms with Crippen molar-refractivity contribution in [3.8, 4) is 0 Å². The van der Waals surface area contributed by atoms with Crippen LogP contribution in [0.15, 0.2) is 0 Å². The lowest BCUT2D eigenvalue weighted by Gasteiger charge is -2.35. The van der Waals surface area contributed by atoms with Crippen LogP contribution >= 0.6 is 0 Å². The molecule has 5 atom stereocenters. The Morgan fingerprint density at radius 1 is 0.257 bits per heavy atom. The molecule has 600 valence electrons. The van der Waals surface area contributed by atoms with Crippen LogP contribution in [0, 0.1) is 0 Å². The van der Waals surface area contributed by atoms with Crippen LogP contribution in [0.25, 0.3) is 0 Å².